The lowest BCUT2D eigenvalue weighted by Gasteiger charge is -2.26. The SMILES string of the molecule is Cl.O=C(CN1CC=C(c2cccc(C(F)(F)F)c2)CC1)c1ccc(-c2ccccc2)c(Cl)c1. The third-order valence-electron chi connectivity index (χ3n) is 5.60. The highest BCUT2D eigenvalue weighted by molar-refractivity contribution is 6.33. The first-order valence-electron chi connectivity index (χ1n) is 10.3. The van der Waals surface area contributed by atoms with Crippen molar-refractivity contribution in [3.63, 3.8) is 0 Å². The van der Waals surface area contributed by atoms with Crippen molar-refractivity contribution in [2.24, 2.45) is 0 Å². The molecule has 0 saturated heterocycles. The van der Waals surface area contributed by atoms with E-state index in [0.717, 1.165) is 22.8 Å². The summed E-state index contributed by atoms with van der Waals surface area (Å²) < 4.78 is 38.9. The molecule has 0 N–H and O–H groups in total. The lowest BCUT2D eigenvalue weighted by molar-refractivity contribution is -0.137. The summed E-state index contributed by atoms with van der Waals surface area (Å²) in [5.41, 5.74) is 3.20. The molecule has 2 nitrogen and oxygen atoms in total. The van der Waals surface area contributed by atoms with Crippen LogP contribution in [0.15, 0.2) is 78.9 Å². The monoisotopic (exact) mass is 491 g/mol. The molecule has 0 bridgehead atoms. The molecule has 1 heterocycles. The minimum Gasteiger partial charge on any atom is -0.293 e. The van der Waals surface area contributed by atoms with Crippen molar-refractivity contribution in [3.8, 4) is 11.1 Å². The number of hydrogen-bond acceptors (Lipinski definition) is 2. The number of alkyl halides is 3. The molecule has 4 rings (SSSR count). The van der Waals surface area contributed by atoms with Crippen LogP contribution in [0.3, 0.4) is 0 Å². The second-order valence-electron chi connectivity index (χ2n) is 7.78. The number of nitrogens with zero attached hydrogens (tertiary/aromatic N) is 1. The summed E-state index contributed by atoms with van der Waals surface area (Å²) >= 11 is 6.43. The zero-order chi connectivity index (χ0) is 22.7. The predicted molar refractivity (Wildman–Crippen MR) is 129 cm³/mol. The Hall–Kier alpha value is -2.60. The summed E-state index contributed by atoms with van der Waals surface area (Å²) in [4.78, 5) is 14.8. The quantitative estimate of drug-likeness (QED) is 0.346. The van der Waals surface area contributed by atoms with Crippen LogP contribution in [0, 0.1) is 0 Å². The van der Waals surface area contributed by atoms with Gasteiger partial charge in [-0.25, -0.2) is 0 Å². The largest absolute Gasteiger partial charge is 0.416 e. The van der Waals surface area contributed by atoms with Gasteiger partial charge < -0.3 is 0 Å². The van der Waals surface area contributed by atoms with Gasteiger partial charge in [-0.15, -0.1) is 12.4 Å². The molecule has 0 spiro atoms. The standard InChI is InChI=1S/C26H21ClF3NO.ClH/c27-24-16-21(9-10-23(24)19-5-2-1-3-6-19)25(32)17-31-13-11-18(12-14-31)20-7-4-8-22(15-20)26(28,29)30;/h1-11,15-16H,12-14,17H2;1H. The molecule has 0 unspecified atom stereocenters. The maximum absolute atomic E-state index is 13.0. The number of Topliss-reactive ketones (excluding diaryl/α,β-unsaturated/α-hetero) is 1. The average molecular weight is 492 g/mol. The van der Waals surface area contributed by atoms with Crippen molar-refractivity contribution < 1.29 is 18.0 Å². The normalized spacial score (nSPS) is 14.4. The zero-order valence-corrected chi connectivity index (χ0v) is 19.2. The Morgan fingerprint density at radius 3 is 2.30 bits per heavy atom. The van der Waals surface area contributed by atoms with E-state index < -0.39 is 11.7 Å². The van der Waals surface area contributed by atoms with Gasteiger partial charge in [0.1, 0.15) is 0 Å². The maximum atomic E-state index is 13.0. The van der Waals surface area contributed by atoms with Crippen molar-refractivity contribution in [2.45, 2.75) is 12.6 Å². The summed E-state index contributed by atoms with van der Waals surface area (Å²) in [6.07, 6.45) is -1.87. The van der Waals surface area contributed by atoms with Gasteiger partial charge in [0, 0.05) is 29.2 Å². The van der Waals surface area contributed by atoms with Crippen LogP contribution in [-0.2, 0) is 6.18 Å². The molecule has 0 atom stereocenters. The zero-order valence-electron chi connectivity index (χ0n) is 17.6. The number of carbonyl (C=O) groups excluding carboxylic acids is 1. The van der Waals surface area contributed by atoms with Crippen LogP contribution in [0.1, 0.15) is 27.9 Å². The molecule has 172 valence electrons. The Balaban J connectivity index is 0.00000306. The minimum absolute atomic E-state index is 0. The van der Waals surface area contributed by atoms with E-state index in [1.807, 2.05) is 47.4 Å². The van der Waals surface area contributed by atoms with Gasteiger partial charge >= 0.3 is 6.18 Å². The first kappa shape index (κ1) is 25.0. The molecule has 3 aromatic carbocycles. The molecule has 1 aliphatic heterocycles. The summed E-state index contributed by atoms with van der Waals surface area (Å²) in [5.74, 6) is -0.0394. The van der Waals surface area contributed by atoms with E-state index in [1.54, 1.807) is 18.2 Å². The molecular weight excluding hydrogens is 470 g/mol. The van der Waals surface area contributed by atoms with E-state index in [-0.39, 0.29) is 24.7 Å². The lowest BCUT2D eigenvalue weighted by Crippen LogP contribution is -2.33. The van der Waals surface area contributed by atoms with Crippen LogP contribution < -0.4 is 0 Å². The van der Waals surface area contributed by atoms with E-state index in [0.29, 0.717) is 35.7 Å². The van der Waals surface area contributed by atoms with Crippen LogP contribution in [-0.4, -0.2) is 30.3 Å². The molecule has 33 heavy (non-hydrogen) atoms. The molecule has 0 amide bonds. The first-order valence-corrected chi connectivity index (χ1v) is 10.7. The predicted octanol–water partition coefficient (Wildman–Crippen LogP) is 7.42. The van der Waals surface area contributed by atoms with Crippen molar-refractivity contribution in [3.05, 3.63) is 101 Å². The van der Waals surface area contributed by atoms with Crippen LogP contribution in [0.4, 0.5) is 13.2 Å². The Morgan fingerprint density at radius 1 is 0.939 bits per heavy atom. The van der Waals surface area contributed by atoms with Crippen molar-refractivity contribution in [2.75, 3.05) is 19.6 Å². The Kier molecular flexibility index (Phi) is 8.01. The Morgan fingerprint density at radius 2 is 1.67 bits per heavy atom. The second kappa shape index (κ2) is 10.6. The highest BCUT2D eigenvalue weighted by Gasteiger charge is 2.30. The Bertz CT molecular complexity index is 1160. The van der Waals surface area contributed by atoms with Crippen LogP contribution >= 0.6 is 24.0 Å². The summed E-state index contributed by atoms with van der Waals surface area (Å²) in [6, 6.07) is 20.4. The van der Waals surface area contributed by atoms with Gasteiger partial charge in [-0.3, -0.25) is 9.69 Å². The van der Waals surface area contributed by atoms with Crippen molar-refractivity contribution in [1.29, 1.82) is 0 Å². The van der Waals surface area contributed by atoms with Crippen LogP contribution in [0.5, 0.6) is 0 Å². The molecule has 0 aliphatic carbocycles. The highest BCUT2D eigenvalue weighted by Crippen LogP contribution is 2.32. The van der Waals surface area contributed by atoms with E-state index >= 15 is 0 Å². The molecule has 1 aliphatic rings. The van der Waals surface area contributed by atoms with E-state index in [4.69, 9.17) is 11.6 Å². The van der Waals surface area contributed by atoms with E-state index in [9.17, 15) is 18.0 Å². The average Bonchev–Trinajstić information content (AvgIpc) is 2.79. The lowest BCUT2D eigenvalue weighted by atomic mass is 9.97. The molecule has 0 radical (unpaired) electrons. The number of halogens is 5. The summed E-state index contributed by atoms with van der Waals surface area (Å²) in [7, 11) is 0. The fraction of sp³-hybridized carbons (Fsp3) is 0.192. The van der Waals surface area contributed by atoms with Gasteiger partial charge in [-0.05, 0) is 41.3 Å². The second-order valence-corrected chi connectivity index (χ2v) is 8.18. The van der Waals surface area contributed by atoms with Gasteiger partial charge in [0.05, 0.1) is 12.1 Å². The molecular formula is C26H22Cl2F3NO. The summed E-state index contributed by atoms with van der Waals surface area (Å²) in [6.45, 7) is 1.34. The van der Waals surface area contributed by atoms with Crippen LogP contribution in [0.2, 0.25) is 5.02 Å². The molecule has 3 aromatic rings. The Labute approximate surface area is 202 Å². The number of hydrogen-bond donors (Lipinski definition) is 0. The van der Waals surface area contributed by atoms with Gasteiger partial charge in [-0.2, -0.15) is 13.2 Å². The highest BCUT2D eigenvalue weighted by atomic mass is 35.5. The topological polar surface area (TPSA) is 20.3 Å². The number of rotatable bonds is 5. The number of carbonyl (C=O) groups is 1. The molecule has 0 saturated carbocycles. The van der Waals surface area contributed by atoms with Crippen LogP contribution in [0.25, 0.3) is 16.7 Å². The number of benzene rings is 3. The van der Waals surface area contributed by atoms with E-state index in [1.165, 1.54) is 12.1 Å². The van der Waals surface area contributed by atoms with E-state index in [2.05, 4.69) is 0 Å². The molecule has 0 fully saturated rings. The molecule has 7 heteroatoms. The first-order chi connectivity index (χ1) is 15.3. The number of ketones is 1. The molecule has 0 aromatic heterocycles. The fourth-order valence-electron chi connectivity index (χ4n) is 3.85. The third-order valence-corrected chi connectivity index (χ3v) is 5.91. The van der Waals surface area contributed by atoms with Gasteiger partial charge in [-0.1, -0.05) is 72.3 Å². The van der Waals surface area contributed by atoms with Gasteiger partial charge in [0.2, 0.25) is 0 Å². The maximum Gasteiger partial charge on any atom is 0.416 e. The van der Waals surface area contributed by atoms with Crippen molar-refractivity contribution >= 4 is 35.4 Å². The fourth-order valence-corrected chi connectivity index (χ4v) is 4.14. The van der Waals surface area contributed by atoms with Gasteiger partial charge in [0.25, 0.3) is 0 Å². The van der Waals surface area contributed by atoms with Gasteiger partial charge in [0.15, 0.2) is 5.78 Å². The summed E-state index contributed by atoms with van der Waals surface area (Å²) in [5, 5.41) is 0.521. The third kappa shape index (κ3) is 6.05. The smallest absolute Gasteiger partial charge is 0.293 e. The van der Waals surface area contributed by atoms with Crippen molar-refractivity contribution in [1.82, 2.24) is 4.90 Å². The minimum atomic E-state index is -4.36.